The number of carbonyl (C=O) groups excluding carboxylic acids is 1. The summed E-state index contributed by atoms with van der Waals surface area (Å²) in [6, 6.07) is 5.70. The van der Waals surface area contributed by atoms with E-state index in [4.69, 9.17) is 9.47 Å². The lowest BCUT2D eigenvalue weighted by Gasteiger charge is -2.09. The molecule has 1 aliphatic carbocycles. The van der Waals surface area contributed by atoms with Crippen molar-refractivity contribution in [2.45, 2.75) is 12.3 Å². The fourth-order valence-corrected chi connectivity index (χ4v) is 1.85. The number of rotatable bonds is 4. The number of hydrogen-bond donors (Lipinski definition) is 0. The molecule has 0 aromatic heterocycles. The van der Waals surface area contributed by atoms with E-state index in [1.165, 1.54) is 0 Å². The minimum Gasteiger partial charge on any atom is -0.497 e. The summed E-state index contributed by atoms with van der Waals surface area (Å²) in [7, 11) is 3.28. The van der Waals surface area contributed by atoms with Crippen LogP contribution in [0.3, 0.4) is 0 Å². The van der Waals surface area contributed by atoms with Crippen LogP contribution in [-0.2, 0) is 4.79 Å². The molecule has 0 saturated heterocycles. The minimum absolute atomic E-state index is 0.158. The molecular weight excluding hydrogens is 192 g/mol. The third-order valence-electron chi connectivity index (χ3n) is 2.85. The molecular formula is C12H14O3. The van der Waals surface area contributed by atoms with Gasteiger partial charge in [-0.05, 0) is 30.5 Å². The van der Waals surface area contributed by atoms with Gasteiger partial charge in [-0.15, -0.1) is 0 Å². The molecule has 1 aromatic carbocycles. The molecule has 0 aliphatic heterocycles. The summed E-state index contributed by atoms with van der Waals surface area (Å²) >= 11 is 0. The van der Waals surface area contributed by atoms with Crippen LogP contribution in [0.2, 0.25) is 0 Å². The van der Waals surface area contributed by atoms with Crippen LogP contribution in [0.4, 0.5) is 0 Å². The van der Waals surface area contributed by atoms with E-state index in [1.54, 1.807) is 14.2 Å². The Morgan fingerprint density at radius 3 is 2.67 bits per heavy atom. The van der Waals surface area contributed by atoms with Gasteiger partial charge in [0.25, 0.3) is 0 Å². The zero-order valence-electron chi connectivity index (χ0n) is 8.90. The van der Waals surface area contributed by atoms with Crippen LogP contribution >= 0.6 is 0 Å². The molecule has 3 nitrogen and oxygen atoms in total. The molecule has 80 valence electrons. The largest absolute Gasteiger partial charge is 0.497 e. The monoisotopic (exact) mass is 206 g/mol. The van der Waals surface area contributed by atoms with Gasteiger partial charge in [0, 0.05) is 11.5 Å². The Hall–Kier alpha value is -1.51. The maximum atomic E-state index is 10.6. The highest BCUT2D eigenvalue weighted by Gasteiger charge is 2.39. The lowest BCUT2D eigenvalue weighted by Crippen LogP contribution is -1.93. The van der Waals surface area contributed by atoms with E-state index < -0.39 is 0 Å². The van der Waals surface area contributed by atoms with Crippen molar-refractivity contribution < 1.29 is 14.3 Å². The molecule has 0 bridgehead atoms. The van der Waals surface area contributed by atoms with E-state index in [9.17, 15) is 4.79 Å². The third-order valence-corrected chi connectivity index (χ3v) is 2.85. The van der Waals surface area contributed by atoms with Crippen molar-refractivity contribution in [2.24, 2.45) is 5.92 Å². The van der Waals surface area contributed by atoms with Crippen molar-refractivity contribution in [1.82, 2.24) is 0 Å². The second kappa shape index (κ2) is 3.93. The summed E-state index contributed by atoms with van der Waals surface area (Å²) in [5, 5.41) is 0. The van der Waals surface area contributed by atoms with E-state index in [0.717, 1.165) is 29.8 Å². The zero-order valence-corrected chi connectivity index (χ0v) is 8.90. The summed E-state index contributed by atoms with van der Waals surface area (Å²) in [6.45, 7) is 0. The molecule has 2 atom stereocenters. The van der Waals surface area contributed by atoms with Crippen molar-refractivity contribution in [2.75, 3.05) is 14.2 Å². The van der Waals surface area contributed by atoms with E-state index in [0.29, 0.717) is 5.92 Å². The molecule has 1 fully saturated rings. The summed E-state index contributed by atoms with van der Waals surface area (Å²) in [5.74, 6) is 2.12. The molecule has 0 radical (unpaired) electrons. The standard InChI is InChI=1S/C12H14O3/c1-14-9-3-4-12(15-2)11(6-9)10-5-8(10)7-13/h3-4,6-8,10H,5H2,1-2H3/t8-,10+/m0/s1. The second-order valence-electron chi connectivity index (χ2n) is 3.75. The first-order valence-electron chi connectivity index (χ1n) is 4.97. The normalized spacial score (nSPS) is 23.3. The van der Waals surface area contributed by atoms with Crippen LogP contribution in [0.25, 0.3) is 0 Å². The van der Waals surface area contributed by atoms with Gasteiger partial charge in [-0.1, -0.05) is 0 Å². The quantitative estimate of drug-likeness (QED) is 0.707. The summed E-state index contributed by atoms with van der Waals surface area (Å²) in [4.78, 5) is 10.6. The third kappa shape index (κ3) is 1.82. The summed E-state index contributed by atoms with van der Waals surface area (Å²) < 4.78 is 10.4. The lowest BCUT2D eigenvalue weighted by atomic mass is 10.1. The van der Waals surface area contributed by atoms with Gasteiger partial charge in [-0.3, -0.25) is 0 Å². The molecule has 2 rings (SSSR count). The highest BCUT2D eigenvalue weighted by atomic mass is 16.5. The van der Waals surface area contributed by atoms with Crippen molar-refractivity contribution in [3.05, 3.63) is 23.8 Å². The number of ether oxygens (including phenoxy) is 2. The Balaban J connectivity index is 2.30. The Bertz CT molecular complexity index is 373. The van der Waals surface area contributed by atoms with Gasteiger partial charge in [0.15, 0.2) is 0 Å². The number of hydrogen-bond acceptors (Lipinski definition) is 3. The van der Waals surface area contributed by atoms with E-state index in [2.05, 4.69) is 0 Å². The average molecular weight is 206 g/mol. The maximum absolute atomic E-state index is 10.6. The molecule has 0 spiro atoms. The van der Waals surface area contributed by atoms with Crippen LogP contribution in [-0.4, -0.2) is 20.5 Å². The molecule has 0 heterocycles. The minimum atomic E-state index is 0.158. The highest BCUT2D eigenvalue weighted by Crippen LogP contribution is 2.49. The van der Waals surface area contributed by atoms with E-state index in [1.807, 2.05) is 18.2 Å². The molecule has 1 saturated carbocycles. The molecule has 0 unspecified atom stereocenters. The SMILES string of the molecule is COc1ccc(OC)c([C@@H]2C[C@H]2C=O)c1. The number of aldehydes is 1. The molecule has 1 aliphatic rings. The molecule has 1 aromatic rings. The predicted octanol–water partition coefficient (Wildman–Crippen LogP) is 2.01. The average Bonchev–Trinajstić information content (AvgIpc) is 3.07. The first-order valence-corrected chi connectivity index (χ1v) is 4.97. The molecule has 15 heavy (non-hydrogen) atoms. The Morgan fingerprint density at radius 1 is 1.33 bits per heavy atom. The van der Waals surface area contributed by atoms with Crippen LogP contribution in [0.1, 0.15) is 17.9 Å². The Morgan fingerprint density at radius 2 is 2.13 bits per heavy atom. The van der Waals surface area contributed by atoms with Crippen molar-refractivity contribution in [1.29, 1.82) is 0 Å². The predicted molar refractivity (Wildman–Crippen MR) is 56.5 cm³/mol. The number of carbonyl (C=O) groups is 1. The zero-order chi connectivity index (χ0) is 10.8. The Labute approximate surface area is 89.0 Å². The van der Waals surface area contributed by atoms with Crippen LogP contribution in [0, 0.1) is 5.92 Å². The lowest BCUT2D eigenvalue weighted by molar-refractivity contribution is -0.108. The summed E-state index contributed by atoms with van der Waals surface area (Å²) in [6.07, 6.45) is 1.94. The van der Waals surface area contributed by atoms with Gasteiger partial charge < -0.3 is 14.3 Å². The number of benzene rings is 1. The molecule has 0 N–H and O–H groups in total. The van der Waals surface area contributed by atoms with E-state index >= 15 is 0 Å². The first-order chi connectivity index (χ1) is 7.30. The van der Waals surface area contributed by atoms with Gasteiger partial charge in [-0.2, -0.15) is 0 Å². The molecule has 3 heteroatoms. The second-order valence-corrected chi connectivity index (χ2v) is 3.75. The van der Waals surface area contributed by atoms with Crippen LogP contribution < -0.4 is 9.47 Å². The Kier molecular flexibility index (Phi) is 2.62. The van der Waals surface area contributed by atoms with Gasteiger partial charge in [0.05, 0.1) is 14.2 Å². The van der Waals surface area contributed by atoms with Crippen molar-refractivity contribution >= 4 is 6.29 Å². The van der Waals surface area contributed by atoms with E-state index in [-0.39, 0.29) is 5.92 Å². The van der Waals surface area contributed by atoms with Crippen LogP contribution in [0.15, 0.2) is 18.2 Å². The maximum Gasteiger partial charge on any atom is 0.123 e. The van der Waals surface area contributed by atoms with Crippen molar-refractivity contribution in [3.8, 4) is 11.5 Å². The topological polar surface area (TPSA) is 35.5 Å². The molecule has 0 amide bonds. The van der Waals surface area contributed by atoms with Gasteiger partial charge in [-0.25, -0.2) is 0 Å². The van der Waals surface area contributed by atoms with Crippen LogP contribution in [0.5, 0.6) is 11.5 Å². The number of methoxy groups -OCH3 is 2. The van der Waals surface area contributed by atoms with Gasteiger partial charge in [0.1, 0.15) is 17.8 Å². The summed E-state index contributed by atoms with van der Waals surface area (Å²) in [5.41, 5.74) is 1.08. The smallest absolute Gasteiger partial charge is 0.123 e. The van der Waals surface area contributed by atoms with Gasteiger partial charge in [0.2, 0.25) is 0 Å². The highest BCUT2D eigenvalue weighted by molar-refractivity contribution is 5.63. The van der Waals surface area contributed by atoms with Gasteiger partial charge >= 0.3 is 0 Å². The fraction of sp³-hybridized carbons (Fsp3) is 0.417. The first kappa shape index (κ1) is 10.0. The van der Waals surface area contributed by atoms with Crippen molar-refractivity contribution in [3.63, 3.8) is 0 Å². The fourth-order valence-electron chi connectivity index (χ4n) is 1.85.